The summed E-state index contributed by atoms with van der Waals surface area (Å²) in [5, 5.41) is 7.80. The van der Waals surface area contributed by atoms with Gasteiger partial charge in [-0.15, -0.1) is 0 Å². The lowest BCUT2D eigenvalue weighted by molar-refractivity contribution is -0.00813. The summed E-state index contributed by atoms with van der Waals surface area (Å²) in [6.45, 7) is 10.00. The van der Waals surface area contributed by atoms with Crippen LogP contribution in [0.2, 0.25) is 0 Å². The molecule has 1 N–H and O–H groups in total. The van der Waals surface area contributed by atoms with Crippen molar-refractivity contribution < 1.29 is 9.47 Å². The van der Waals surface area contributed by atoms with Gasteiger partial charge in [-0.1, -0.05) is 12.8 Å². The Morgan fingerprint density at radius 2 is 2.21 bits per heavy atom. The quantitative estimate of drug-likeness (QED) is 0.419. The Hall–Kier alpha value is -1.60. The lowest BCUT2D eigenvalue weighted by atomic mass is 9.83. The van der Waals surface area contributed by atoms with Crippen molar-refractivity contribution in [3.8, 4) is 0 Å². The standard InChI is InChI=1S/C21H37N5O2/c1-4-22-20(23-17-21(8-6-7-9-21)10-12-27-5-2)26-11-13-28-19(16-26)18-14-24-25(3)15-18/h14-15,19H,4-13,16-17H2,1-3H3,(H,22,23). The number of guanidine groups is 1. The van der Waals surface area contributed by atoms with Gasteiger partial charge in [0.05, 0.1) is 19.3 Å². The lowest BCUT2D eigenvalue weighted by Crippen LogP contribution is -2.48. The Bertz CT molecular complexity index is 624. The highest BCUT2D eigenvalue weighted by molar-refractivity contribution is 5.80. The van der Waals surface area contributed by atoms with Gasteiger partial charge in [-0.3, -0.25) is 9.67 Å². The van der Waals surface area contributed by atoms with Crippen LogP contribution in [0.3, 0.4) is 0 Å². The molecule has 0 radical (unpaired) electrons. The van der Waals surface area contributed by atoms with Gasteiger partial charge in [0.1, 0.15) is 6.10 Å². The number of nitrogens with zero attached hydrogens (tertiary/aromatic N) is 4. The molecule has 1 saturated heterocycles. The molecule has 2 heterocycles. The highest BCUT2D eigenvalue weighted by atomic mass is 16.5. The number of hydrogen-bond acceptors (Lipinski definition) is 4. The molecule has 158 valence electrons. The van der Waals surface area contributed by atoms with Crippen molar-refractivity contribution in [3.05, 3.63) is 18.0 Å². The van der Waals surface area contributed by atoms with Crippen molar-refractivity contribution in [2.45, 2.75) is 52.1 Å². The van der Waals surface area contributed by atoms with E-state index in [0.717, 1.165) is 57.3 Å². The Morgan fingerprint density at radius 1 is 1.39 bits per heavy atom. The van der Waals surface area contributed by atoms with Gasteiger partial charge in [0.15, 0.2) is 5.96 Å². The fourth-order valence-corrected chi connectivity index (χ4v) is 4.36. The molecule has 0 bridgehead atoms. The van der Waals surface area contributed by atoms with Crippen molar-refractivity contribution in [1.82, 2.24) is 20.0 Å². The van der Waals surface area contributed by atoms with Crippen molar-refractivity contribution >= 4 is 5.96 Å². The van der Waals surface area contributed by atoms with Crippen molar-refractivity contribution in [1.29, 1.82) is 0 Å². The number of aliphatic imine (C=N–C) groups is 1. The first-order chi connectivity index (χ1) is 13.7. The molecule has 2 fully saturated rings. The van der Waals surface area contributed by atoms with Gasteiger partial charge >= 0.3 is 0 Å². The summed E-state index contributed by atoms with van der Waals surface area (Å²) >= 11 is 0. The van der Waals surface area contributed by atoms with Crippen molar-refractivity contribution in [2.75, 3.05) is 46.0 Å². The molecule has 0 spiro atoms. The Balaban J connectivity index is 1.67. The molecule has 1 aromatic heterocycles. The first kappa shape index (κ1) is 21.1. The van der Waals surface area contributed by atoms with E-state index in [-0.39, 0.29) is 6.10 Å². The zero-order valence-electron chi connectivity index (χ0n) is 17.8. The molecule has 2 aliphatic rings. The summed E-state index contributed by atoms with van der Waals surface area (Å²) in [6, 6.07) is 0. The molecule has 1 aliphatic carbocycles. The van der Waals surface area contributed by atoms with Crippen LogP contribution < -0.4 is 5.32 Å². The molecule has 1 unspecified atom stereocenters. The van der Waals surface area contributed by atoms with Crippen LogP contribution in [-0.4, -0.2) is 66.6 Å². The van der Waals surface area contributed by atoms with Crippen LogP contribution in [0, 0.1) is 5.41 Å². The van der Waals surface area contributed by atoms with Crippen molar-refractivity contribution in [2.24, 2.45) is 17.5 Å². The number of hydrogen-bond donors (Lipinski definition) is 1. The molecule has 0 aromatic carbocycles. The Morgan fingerprint density at radius 3 is 2.89 bits per heavy atom. The van der Waals surface area contributed by atoms with Gasteiger partial charge in [-0.2, -0.15) is 5.10 Å². The number of aromatic nitrogens is 2. The number of aryl methyl sites for hydroxylation is 1. The van der Waals surface area contributed by atoms with Gasteiger partial charge < -0.3 is 19.7 Å². The molecule has 7 nitrogen and oxygen atoms in total. The molecule has 1 atom stereocenters. The SMILES string of the molecule is CCNC(=NCC1(CCOCC)CCCC1)N1CCOC(c2cnn(C)c2)C1. The Labute approximate surface area is 169 Å². The minimum atomic E-state index is 0.0460. The van der Waals surface area contributed by atoms with E-state index in [1.807, 2.05) is 24.1 Å². The molecule has 3 rings (SSSR count). The van der Waals surface area contributed by atoms with Crippen LogP contribution >= 0.6 is 0 Å². The van der Waals surface area contributed by atoms with E-state index in [1.165, 1.54) is 25.7 Å². The molecule has 28 heavy (non-hydrogen) atoms. The number of morpholine rings is 1. The maximum absolute atomic E-state index is 6.00. The third kappa shape index (κ3) is 5.47. The zero-order valence-corrected chi connectivity index (χ0v) is 17.8. The highest BCUT2D eigenvalue weighted by Gasteiger charge is 2.34. The average molecular weight is 392 g/mol. The third-order valence-electron chi connectivity index (χ3n) is 6.01. The summed E-state index contributed by atoms with van der Waals surface area (Å²) in [5.41, 5.74) is 1.44. The van der Waals surface area contributed by atoms with E-state index in [1.54, 1.807) is 0 Å². The van der Waals surface area contributed by atoms with Crippen LogP contribution in [0.25, 0.3) is 0 Å². The maximum Gasteiger partial charge on any atom is 0.194 e. The van der Waals surface area contributed by atoms with Gasteiger partial charge in [0, 0.05) is 51.7 Å². The number of ether oxygens (including phenoxy) is 2. The van der Waals surface area contributed by atoms with E-state index < -0.39 is 0 Å². The van der Waals surface area contributed by atoms with Crippen LogP contribution in [0.4, 0.5) is 0 Å². The number of rotatable bonds is 8. The summed E-state index contributed by atoms with van der Waals surface area (Å²) in [4.78, 5) is 7.45. The molecular weight excluding hydrogens is 354 g/mol. The third-order valence-corrected chi connectivity index (χ3v) is 6.01. The highest BCUT2D eigenvalue weighted by Crippen LogP contribution is 2.41. The van der Waals surface area contributed by atoms with Gasteiger partial charge in [-0.05, 0) is 38.5 Å². The minimum absolute atomic E-state index is 0.0460. The van der Waals surface area contributed by atoms with E-state index in [2.05, 4.69) is 29.2 Å². The average Bonchev–Trinajstić information content (AvgIpc) is 3.35. The molecule has 1 aliphatic heterocycles. The van der Waals surface area contributed by atoms with Gasteiger partial charge in [0.2, 0.25) is 0 Å². The van der Waals surface area contributed by atoms with Gasteiger partial charge in [-0.25, -0.2) is 0 Å². The van der Waals surface area contributed by atoms with Crippen LogP contribution in [-0.2, 0) is 16.5 Å². The molecular formula is C21H37N5O2. The first-order valence-corrected chi connectivity index (χ1v) is 10.9. The van der Waals surface area contributed by atoms with Gasteiger partial charge in [0.25, 0.3) is 0 Å². The van der Waals surface area contributed by atoms with Crippen molar-refractivity contribution in [3.63, 3.8) is 0 Å². The molecule has 7 heteroatoms. The first-order valence-electron chi connectivity index (χ1n) is 10.9. The minimum Gasteiger partial charge on any atom is -0.382 e. The lowest BCUT2D eigenvalue weighted by Gasteiger charge is -2.35. The largest absolute Gasteiger partial charge is 0.382 e. The second kappa shape index (κ2) is 10.3. The summed E-state index contributed by atoms with van der Waals surface area (Å²) in [6.07, 6.45) is 10.3. The smallest absolute Gasteiger partial charge is 0.194 e. The second-order valence-electron chi connectivity index (χ2n) is 8.08. The van der Waals surface area contributed by atoms with Crippen LogP contribution in [0.1, 0.15) is 57.6 Å². The van der Waals surface area contributed by atoms with Crippen LogP contribution in [0.5, 0.6) is 0 Å². The summed E-state index contributed by atoms with van der Waals surface area (Å²) in [7, 11) is 1.94. The Kier molecular flexibility index (Phi) is 7.73. The maximum atomic E-state index is 6.00. The van der Waals surface area contributed by atoms with E-state index >= 15 is 0 Å². The predicted molar refractivity (Wildman–Crippen MR) is 111 cm³/mol. The van der Waals surface area contributed by atoms with E-state index in [9.17, 15) is 0 Å². The predicted octanol–water partition coefficient (Wildman–Crippen LogP) is 2.75. The zero-order chi connectivity index (χ0) is 19.8. The molecule has 1 aromatic rings. The molecule has 0 amide bonds. The molecule has 1 saturated carbocycles. The van der Waals surface area contributed by atoms with Crippen LogP contribution in [0.15, 0.2) is 17.4 Å². The van der Waals surface area contributed by atoms with E-state index in [4.69, 9.17) is 14.5 Å². The fourth-order valence-electron chi connectivity index (χ4n) is 4.36. The normalized spacial score (nSPS) is 22.6. The number of nitrogens with one attached hydrogen (secondary N) is 1. The second-order valence-corrected chi connectivity index (χ2v) is 8.08. The summed E-state index contributed by atoms with van der Waals surface area (Å²) in [5.74, 6) is 1.02. The van der Waals surface area contributed by atoms with E-state index in [0.29, 0.717) is 12.0 Å². The fraction of sp³-hybridized carbons (Fsp3) is 0.810. The monoisotopic (exact) mass is 391 g/mol. The topological polar surface area (TPSA) is 63.9 Å². The summed E-state index contributed by atoms with van der Waals surface area (Å²) < 4.78 is 13.5.